The van der Waals surface area contributed by atoms with E-state index in [9.17, 15) is 14.0 Å². The standard InChI is InChI=1S/C21H19FN4O2/c1-13-5-7-14(8-6-13)20(27)23-24-21(28)19-17-3-2-4-18(17)26(25-19)16-11-9-15(22)10-12-16/h5-12H,2-4H2,1H3,(H,23,27)(H,24,28). The first-order chi connectivity index (χ1) is 13.5. The Balaban J connectivity index is 1.53. The van der Waals surface area contributed by atoms with Gasteiger partial charge in [0.25, 0.3) is 11.8 Å². The van der Waals surface area contributed by atoms with Gasteiger partial charge in [-0.3, -0.25) is 20.4 Å². The third kappa shape index (κ3) is 3.38. The Labute approximate surface area is 161 Å². The van der Waals surface area contributed by atoms with Gasteiger partial charge in [-0.15, -0.1) is 0 Å². The van der Waals surface area contributed by atoms with E-state index < -0.39 is 11.8 Å². The average molecular weight is 378 g/mol. The second kappa shape index (κ2) is 7.26. The zero-order valence-corrected chi connectivity index (χ0v) is 15.3. The maximum atomic E-state index is 13.2. The molecule has 1 aliphatic rings. The van der Waals surface area contributed by atoms with Crippen molar-refractivity contribution in [2.75, 3.05) is 0 Å². The maximum Gasteiger partial charge on any atom is 0.290 e. The fraction of sp³-hybridized carbons (Fsp3) is 0.190. The van der Waals surface area contributed by atoms with E-state index in [2.05, 4.69) is 16.0 Å². The molecule has 0 atom stereocenters. The van der Waals surface area contributed by atoms with Crippen LogP contribution in [0.25, 0.3) is 5.69 Å². The molecule has 0 radical (unpaired) electrons. The fourth-order valence-corrected chi connectivity index (χ4v) is 3.37. The van der Waals surface area contributed by atoms with Gasteiger partial charge in [0.2, 0.25) is 0 Å². The summed E-state index contributed by atoms with van der Waals surface area (Å²) in [6.45, 7) is 1.93. The van der Waals surface area contributed by atoms with Crippen molar-refractivity contribution in [2.45, 2.75) is 26.2 Å². The summed E-state index contributed by atoms with van der Waals surface area (Å²) in [7, 11) is 0. The fourth-order valence-electron chi connectivity index (χ4n) is 3.37. The summed E-state index contributed by atoms with van der Waals surface area (Å²) in [4.78, 5) is 24.8. The van der Waals surface area contributed by atoms with Gasteiger partial charge in [-0.25, -0.2) is 9.07 Å². The molecule has 0 saturated heterocycles. The minimum absolute atomic E-state index is 0.279. The molecule has 1 aromatic heterocycles. The minimum atomic E-state index is -0.473. The first-order valence-corrected chi connectivity index (χ1v) is 9.07. The Hall–Kier alpha value is -3.48. The number of carbonyl (C=O) groups is 2. The van der Waals surface area contributed by atoms with Crippen molar-refractivity contribution in [2.24, 2.45) is 0 Å². The summed E-state index contributed by atoms with van der Waals surface area (Å²) < 4.78 is 14.9. The lowest BCUT2D eigenvalue weighted by Crippen LogP contribution is -2.42. The smallest absolute Gasteiger partial charge is 0.267 e. The van der Waals surface area contributed by atoms with Crippen molar-refractivity contribution >= 4 is 11.8 Å². The number of carbonyl (C=O) groups excluding carboxylic acids is 2. The van der Waals surface area contributed by atoms with Gasteiger partial charge in [-0.2, -0.15) is 5.10 Å². The Kier molecular flexibility index (Phi) is 4.65. The van der Waals surface area contributed by atoms with Crippen LogP contribution in [0.1, 0.15) is 44.1 Å². The third-order valence-electron chi connectivity index (χ3n) is 4.82. The number of hydrogen-bond acceptors (Lipinski definition) is 3. The number of halogens is 1. The number of fused-ring (bicyclic) bond motifs is 1. The van der Waals surface area contributed by atoms with Gasteiger partial charge in [-0.1, -0.05) is 17.7 Å². The van der Waals surface area contributed by atoms with Gasteiger partial charge < -0.3 is 0 Å². The van der Waals surface area contributed by atoms with Gasteiger partial charge >= 0.3 is 0 Å². The van der Waals surface area contributed by atoms with Crippen LogP contribution < -0.4 is 10.9 Å². The third-order valence-corrected chi connectivity index (χ3v) is 4.82. The van der Waals surface area contributed by atoms with Gasteiger partial charge in [0, 0.05) is 16.8 Å². The van der Waals surface area contributed by atoms with E-state index >= 15 is 0 Å². The molecule has 28 heavy (non-hydrogen) atoms. The van der Waals surface area contributed by atoms with Crippen LogP contribution in [0.3, 0.4) is 0 Å². The molecular formula is C21H19FN4O2. The normalized spacial score (nSPS) is 12.5. The zero-order chi connectivity index (χ0) is 19.7. The molecule has 0 saturated carbocycles. The lowest BCUT2D eigenvalue weighted by atomic mass is 10.1. The van der Waals surface area contributed by atoms with Crippen molar-refractivity contribution < 1.29 is 14.0 Å². The monoisotopic (exact) mass is 378 g/mol. The molecule has 4 rings (SSSR count). The Morgan fingerprint density at radius 1 is 0.964 bits per heavy atom. The first kappa shape index (κ1) is 17.9. The molecule has 0 aliphatic heterocycles. The quantitative estimate of drug-likeness (QED) is 0.688. The summed E-state index contributed by atoms with van der Waals surface area (Å²) in [5.74, 6) is -1.20. The Bertz CT molecular complexity index is 1040. The lowest BCUT2D eigenvalue weighted by molar-refractivity contribution is 0.0843. The number of benzene rings is 2. The van der Waals surface area contributed by atoms with E-state index in [4.69, 9.17) is 0 Å². The number of amides is 2. The lowest BCUT2D eigenvalue weighted by Gasteiger charge is -2.07. The topological polar surface area (TPSA) is 76.0 Å². The van der Waals surface area contributed by atoms with Crippen LogP contribution in [0.5, 0.6) is 0 Å². The first-order valence-electron chi connectivity index (χ1n) is 9.07. The van der Waals surface area contributed by atoms with E-state index in [-0.39, 0.29) is 11.5 Å². The number of aryl methyl sites for hydroxylation is 1. The van der Waals surface area contributed by atoms with Crippen molar-refractivity contribution in [3.8, 4) is 5.69 Å². The molecule has 0 fully saturated rings. The molecule has 0 spiro atoms. The van der Waals surface area contributed by atoms with Crippen LogP contribution in [-0.2, 0) is 12.8 Å². The van der Waals surface area contributed by atoms with Gasteiger partial charge in [0.05, 0.1) is 5.69 Å². The van der Waals surface area contributed by atoms with Crippen LogP contribution in [-0.4, -0.2) is 21.6 Å². The molecule has 7 heteroatoms. The van der Waals surface area contributed by atoms with Crippen LogP contribution in [0.4, 0.5) is 4.39 Å². The van der Waals surface area contributed by atoms with E-state index in [0.717, 1.165) is 36.1 Å². The highest BCUT2D eigenvalue weighted by molar-refractivity contribution is 5.99. The predicted molar refractivity (Wildman–Crippen MR) is 102 cm³/mol. The van der Waals surface area contributed by atoms with Crippen molar-refractivity contribution in [3.05, 3.63) is 82.4 Å². The SMILES string of the molecule is Cc1ccc(C(=O)NNC(=O)c2nn(-c3ccc(F)cc3)c3c2CCC3)cc1. The molecule has 142 valence electrons. The van der Waals surface area contributed by atoms with E-state index in [1.165, 1.54) is 12.1 Å². The van der Waals surface area contributed by atoms with E-state index in [1.54, 1.807) is 28.9 Å². The number of hydrogen-bond donors (Lipinski definition) is 2. The molecule has 2 N–H and O–H groups in total. The summed E-state index contributed by atoms with van der Waals surface area (Å²) in [6.07, 6.45) is 2.46. The molecule has 3 aromatic rings. The van der Waals surface area contributed by atoms with Crippen LogP contribution >= 0.6 is 0 Å². The van der Waals surface area contributed by atoms with Gasteiger partial charge in [-0.05, 0) is 62.6 Å². The minimum Gasteiger partial charge on any atom is -0.267 e. The average Bonchev–Trinajstić information content (AvgIpc) is 3.30. The highest BCUT2D eigenvalue weighted by Crippen LogP contribution is 2.27. The zero-order valence-electron chi connectivity index (χ0n) is 15.3. The number of aromatic nitrogens is 2. The highest BCUT2D eigenvalue weighted by Gasteiger charge is 2.27. The number of nitrogens with zero attached hydrogens (tertiary/aromatic N) is 2. The van der Waals surface area contributed by atoms with Crippen molar-refractivity contribution in [1.82, 2.24) is 20.6 Å². The molecular weight excluding hydrogens is 359 g/mol. The Morgan fingerprint density at radius 3 is 2.36 bits per heavy atom. The molecule has 2 aromatic carbocycles. The highest BCUT2D eigenvalue weighted by atomic mass is 19.1. The predicted octanol–water partition coefficient (Wildman–Crippen LogP) is 2.88. The number of rotatable bonds is 3. The maximum absolute atomic E-state index is 13.2. The van der Waals surface area contributed by atoms with Crippen LogP contribution in [0, 0.1) is 12.7 Å². The molecule has 0 unspecified atom stereocenters. The Morgan fingerprint density at radius 2 is 1.64 bits per heavy atom. The van der Waals surface area contributed by atoms with Crippen LogP contribution in [0.15, 0.2) is 48.5 Å². The van der Waals surface area contributed by atoms with Gasteiger partial charge in [0.15, 0.2) is 5.69 Å². The largest absolute Gasteiger partial charge is 0.290 e. The van der Waals surface area contributed by atoms with Crippen molar-refractivity contribution in [1.29, 1.82) is 0 Å². The summed E-state index contributed by atoms with van der Waals surface area (Å²) in [5, 5.41) is 4.42. The molecule has 6 nitrogen and oxygen atoms in total. The molecule has 1 heterocycles. The van der Waals surface area contributed by atoms with E-state index in [1.807, 2.05) is 19.1 Å². The second-order valence-corrected chi connectivity index (χ2v) is 6.79. The van der Waals surface area contributed by atoms with Crippen molar-refractivity contribution in [3.63, 3.8) is 0 Å². The summed E-state index contributed by atoms with van der Waals surface area (Å²) >= 11 is 0. The summed E-state index contributed by atoms with van der Waals surface area (Å²) in [5.41, 5.74) is 9.15. The molecule has 0 bridgehead atoms. The second-order valence-electron chi connectivity index (χ2n) is 6.79. The molecule has 1 aliphatic carbocycles. The van der Waals surface area contributed by atoms with E-state index in [0.29, 0.717) is 11.3 Å². The molecule has 2 amide bonds. The number of hydrazine groups is 1. The number of nitrogens with one attached hydrogen (secondary N) is 2. The van der Waals surface area contributed by atoms with Crippen LogP contribution in [0.2, 0.25) is 0 Å². The summed E-state index contributed by atoms with van der Waals surface area (Å²) in [6, 6.07) is 13.0. The van der Waals surface area contributed by atoms with Gasteiger partial charge in [0.1, 0.15) is 5.82 Å².